The van der Waals surface area contributed by atoms with E-state index in [-0.39, 0.29) is 15.0 Å². The molecule has 1 rings (SSSR count). The number of carbonyl (C=O) groups is 1. The molecule has 19 heavy (non-hydrogen) atoms. The Morgan fingerprint density at radius 3 is 2.68 bits per heavy atom. The van der Waals surface area contributed by atoms with Gasteiger partial charge in [-0.3, -0.25) is 0 Å². The van der Waals surface area contributed by atoms with Gasteiger partial charge in [-0.1, -0.05) is 6.92 Å². The molecule has 0 aliphatic heterocycles. The standard InChI is InChI=1S/C11H17NO4S3/c1-7(6-17-3)5-12-19(15,16)9-4-8(2)10(18-9)11(13)14/h4,7,12H,5-6H2,1-3H3,(H,13,14). The summed E-state index contributed by atoms with van der Waals surface area (Å²) in [5.74, 6) is -0.00343. The fourth-order valence-electron chi connectivity index (χ4n) is 1.46. The van der Waals surface area contributed by atoms with Crippen molar-refractivity contribution >= 4 is 39.1 Å². The molecule has 8 heteroatoms. The Morgan fingerprint density at radius 1 is 1.58 bits per heavy atom. The predicted octanol–water partition coefficient (Wildman–Crippen LogP) is 2.03. The van der Waals surface area contributed by atoms with Gasteiger partial charge in [-0.05, 0) is 36.5 Å². The van der Waals surface area contributed by atoms with Crippen molar-refractivity contribution in [3.05, 3.63) is 16.5 Å². The largest absolute Gasteiger partial charge is 0.477 e. The molecular weight excluding hydrogens is 306 g/mol. The minimum absolute atomic E-state index is 0.0544. The van der Waals surface area contributed by atoms with Gasteiger partial charge >= 0.3 is 5.97 Å². The fraction of sp³-hybridized carbons (Fsp3) is 0.545. The Balaban J connectivity index is 2.83. The van der Waals surface area contributed by atoms with Crippen molar-refractivity contribution < 1.29 is 18.3 Å². The van der Waals surface area contributed by atoms with Gasteiger partial charge in [-0.2, -0.15) is 11.8 Å². The molecule has 1 aromatic heterocycles. The maximum atomic E-state index is 12.0. The van der Waals surface area contributed by atoms with E-state index in [0.29, 0.717) is 12.1 Å². The molecule has 0 spiro atoms. The van der Waals surface area contributed by atoms with Crippen LogP contribution in [0.15, 0.2) is 10.3 Å². The molecule has 0 aliphatic rings. The van der Waals surface area contributed by atoms with E-state index in [1.165, 1.54) is 6.07 Å². The van der Waals surface area contributed by atoms with E-state index < -0.39 is 16.0 Å². The van der Waals surface area contributed by atoms with Gasteiger partial charge in [-0.15, -0.1) is 11.3 Å². The summed E-state index contributed by atoms with van der Waals surface area (Å²) >= 11 is 2.44. The number of carboxylic acids is 1. The third-order valence-electron chi connectivity index (χ3n) is 2.43. The quantitative estimate of drug-likeness (QED) is 0.802. The SMILES string of the molecule is CSCC(C)CNS(=O)(=O)c1cc(C)c(C(=O)O)s1. The van der Waals surface area contributed by atoms with Crippen molar-refractivity contribution in [1.29, 1.82) is 0 Å². The van der Waals surface area contributed by atoms with E-state index in [1.54, 1.807) is 18.7 Å². The first-order valence-electron chi connectivity index (χ1n) is 5.60. The molecule has 0 radical (unpaired) electrons. The summed E-state index contributed by atoms with van der Waals surface area (Å²) in [5, 5.41) is 8.93. The zero-order valence-corrected chi connectivity index (χ0v) is 13.4. The molecule has 1 unspecified atom stereocenters. The second-order valence-corrected chi connectivity index (χ2v) is 8.25. The Hall–Kier alpha value is -0.570. The smallest absolute Gasteiger partial charge is 0.346 e. The van der Waals surface area contributed by atoms with E-state index in [2.05, 4.69) is 4.72 Å². The fourth-order valence-corrected chi connectivity index (χ4v) is 4.74. The number of nitrogens with one attached hydrogen (secondary N) is 1. The van der Waals surface area contributed by atoms with Crippen LogP contribution in [0.2, 0.25) is 0 Å². The number of aromatic carboxylic acids is 1. The summed E-state index contributed by atoms with van der Waals surface area (Å²) < 4.78 is 26.6. The topological polar surface area (TPSA) is 83.5 Å². The van der Waals surface area contributed by atoms with E-state index in [9.17, 15) is 13.2 Å². The van der Waals surface area contributed by atoms with Crippen LogP contribution in [-0.2, 0) is 10.0 Å². The molecule has 1 atom stereocenters. The van der Waals surface area contributed by atoms with Crippen LogP contribution in [0.5, 0.6) is 0 Å². The zero-order chi connectivity index (χ0) is 14.6. The lowest BCUT2D eigenvalue weighted by Gasteiger charge is -2.10. The first-order chi connectivity index (χ1) is 8.77. The lowest BCUT2D eigenvalue weighted by molar-refractivity contribution is 0.0701. The molecule has 0 bridgehead atoms. The maximum Gasteiger partial charge on any atom is 0.346 e. The number of hydrogen-bond acceptors (Lipinski definition) is 5. The van der Waals surface area contributed by atoms with Gasteiger partial charge in [-0.25, -0.2) is 17.9 Å². The van der Waals surface area contributed by atoms with Crippen molar-refractivity contribution in [2.45, 2.75) is 18.1 Å². The lowest BCUT2D eigenvalue weighted by Crippen LogP contribution is -2.28. The van der Waals surface area contributed by atoms with Crippen molar-refractivity contribution in [1.82, 2.24) is 4.72 Å². The zero-order valence-electron chi connectivity index (χ0n) is 11.0. The van der Waals surface area contributed by atoms with Crippen molar-refractivity contribution in [2.75, 3.05) is 18.6 Å². The first kappa shape index (κ1) is 16.5. The molecule has 0 aliphatic carbocycles. The van der Waals surface area contributed by atoms with Crippen LogP contribution in [0.25, 0.3) is 0 Å². The Bertz CT molecular complexity index is 550. The van der Waals surface area contributed by atoms with Crippen LogP contribution in [0.4, 0.5) is 0 Å². The highest BCUT2D eigenvalue weighted by Crippen LogP contribution is 2.25. The molecule has 1 heterocycles. The normalized spacial score (nSPS) is 13.4. The molecule has 0 fully saturated rings. The summed E-state index contributed by atoms with van der Waals surface area (Å²) in [7, 11) is -3.61. The molecule has 0 aromatic carbocycles. The summed E-state index contributed by atoms with van der Waals surface area (Å²) in [6.07, 6.45) is 1.97. The predicted molar refractivity (Wildman–Crippen MR) is 78.7 cm³/mol. The molecule has 1 aromatic rings. The number of carboxylic acid groups (broad SMARTS) is 1. The Labute approximate surface area is 121 Å². The van der Waals surface area contributed by atoms with Crippen LogP contribution < -0.4 is 4.72 Å². The van der Waals surface area contributed by atoms with Crippen LogP contribution in [0.3, 0.4) is 0 Å². The number of aryl methyl sites for hydroxylation is 1. The summed E-state index contributed by atoms with van der Waals surface area (Å²) in [4.78, 5) is 11.0. The highest BCUT2D eigenvalue weighted by Gasteiger charge is 2.21. The summed E-state index contributed by atoms with van der Waals surface area (Å²) in [6, 6.07) is 1.40. The van der Waals surface area contributed by atoms with Gasteiger partial charge in [0.15, 0.2) is 0 Å². The van der Waals surface area contributed by atoms with Crippen molar-refractivity contribution in [3.8, 4) is 0 Å². The molecule has 2 N–H and O–H groups in total. The van der Waals surface area contributed by atoms with Gasteiger partial charge in [0, 0.05) is 6.54 Å². The number of rotatable bonds is 7. The van der Waals surface area contributed by atoms with Crippen molar-refractivity contribution in [2.24, 2.45) is 5.92 Å². The average molecular weight is 323 g/mol. The third-order valence-corrected chi connectivity index (χ3v) is 6.45. The summed E-state index contributed by atoms with van der Waals surface area (Å²) in [6.45, 7) is 3.90. The maximum absolute atomic E-state index is 12.0. The monoisotopic (exact) mass is 323 g/mol. The van der Waals surface area contributed by atoms with E-state index in [0.717, 1.165) is 17.1 Å². The molecule has 0 amide bonds. The minimum atomic E-state index is -3.61. The second-order valence-electron chi connectivity index (χ2n) is 4.30. The van der Waals surface area contributed by atoms with E-state index in [1.807, 2.05) is 13.2 Å². The molecule has 5 nitrogen and oxygen atoms in total. The van der Waals surface area contributed by atoms with E-state index in [4.69, 9.17) is 5.11 Å². The van der Waals surface area contributed by atoms with Crippen LogP contribution >= 0.6 is 23.1 Å². The van der Waals surface area contributed by atoms with Crippen molar-refractivity contribution in [3.63, 3.8) is 0 Å². The molecule has 0 saturated carbocycles. The van der Waals surface area contributed by atoms with Gasteiger partial charge < -0.3 is 5.11 Å². The molecule has 108 valence electrons. The number of sulfonamides is 1. The lowest BCUT2D eigenvalue weighted by atomic mass is 10.2. The first-order valence-corrected chi connectivity index (χ1v) is 9.29. The van der Waals surface area contributed by atoms with Gasteiger partial charge in [0.1, 0.15) is 9.09 Å². The Morgan fingerprint density at radius 2 is 2.21 bits per heavy atom. The minimum Gasteiger partial charge on any atom is -0.477 e. The van der Waals surface area contributed by atoms with Crippen LogP contribution in [-0.4, -0.2) is 38.0 Å². The summed E-state index contributed by atoms with van der Waals surface area (Å²) in [5.41, 5.74) is 0.468. The number of thiophene rings is 1. The average Bonchev–Trinajstić information content (AvgIpc) is 2.70. The highest BCUT2D eigenvalue weighted by molar-refractivity contribution is 7.98. The third kappa shape index (κ3) is 4.48. The molecular formula is C11H17NO4S3. The van der Waals surface area contributed by atoms with Gasteiger partial charge in [0.05, 0.1) is 0 Å². The Kier molecular flexibility index (Phi) is 5.84. The van der Waals surface area contributed by atoms with E-state index >= 15 is 0 Å². The van der Waals surface area contributed by atoms with Gasteiger partial charge in [0.25, 0.3) is 0 Å². The highest BCUT2D eigenvalue weighted by atomic mass is 32.2. The number of thioether (sulfide) groups is 1. The number of hydrogen-bond donors (Lipinski definition) is 2. The molecule has 0 saturated heterocycles. The van der Waals surface area contributed by atoms with Crippen LogP contribution in [0.1, 0.15) is 22.2 Å². The second kappa shape index (κ2) is 6.74. The van der Waals surface area contributed by atoms with Gasteiger partial charge in [0.2, 0.25) is 10.0 Å². The van der Waals surface area contributed by atoms with Crippen LogP contribution in [0, 0.1) is 12.8 Å².